The molecule has 0 fully saturated rings. The van der Waals surface area contributed by atoms with Gasteiger partial charge >= 0.3 is 0 Å². The fraction of sp³-hybridized carbons (Fsp3) is 0.0435. The van der Waals surface area contributed by atoms with Gasteiger partial charge in [-0.1, -0.05) is 211 Å². The van der Waals surface area contributed by atoms with Crippen molar-refractivity contribution in [3.8, 4) is 44.5 Å². The normalized spacial score (nSPS) is 11.5. The maximum absolute atomic E-state index is 5.33. The van der Waals surface area contributed by atoms with E-state index in [-0.39, 0.29) is 32.7 Å². The molecule has 1 aliphatic heterocycles. The minimum atomic E-state index is -0.750. The minimum absolute atomic E-state index is 0. The number of H-pyrrole nitrogens is 1. The van der Waals surface area contributed by atoms with Crippen LogP contribution in [0.25, 0.3) is 88.6 Å². The molecule has 16 bridgehead atoms. The number of aromatic amines is 1. The van der Waals surface area contributed by atoms with Gasteiger partial charge in [0.1, 0.15) is 0 Å². The molecule has 557 valence electrons. The van der Waals surface area contributed by atoms with Gasteiger partial charge in [-0.05, 0) is 224 Å². The Morgan fingerprint density at radius 3 is 0.628 bits per heavy atom. The quantitative estimate of drug-likeness (QED) is 0.119. The molecule has 0 aliphatic carbocycles. The molecule has 0 amide bonds. The van der Waals surface area contributed by atoms with E-state index < -0.39 is 17.2 Å². The van der Waals surface area contributed by atoms with Crippen molar-refractivity contribution in [2.24, 2.45) is 0 Å². The van der Waals surface area contributed by atoms with Gasteiger partial charge in [0.25, 0.3) is 0 Å². The summed E-state index contributed by atoms with van der Waals surface area (Å²) in [6.07, 6.45) is 0. The summed E-state index contributed by atoms with van der Waals surface area (Å²) in [6, 6.07) is 117. The van der Waals surface area contributed by atoms with Crippen molar-refractivity contribution in [3.05, 3.63) is 431 Å². The molecule has 1 aliphatic rings. The fourth-order valence-electron chi connectivity index (χ4n) is 13.5. The van der Waals surface area contributed by atoms with Crippen LogP contribution in [0.5, 0.6) is 0 Å². The number of halogens is 12. The van der Waals surface area contributed by atoms with Crippen molar-refractivity contribution in [2.75, 3.05) is 0 Å². The Morgan fingerprint density at radius 2 is 0.398 bits per heavy atom. The first kappa shape index (κ1) is 84.0. The van der Waals surface area contributed by atoms with Crippen molar-refractivity contribution < 1.29 is 32.7 Å². The van der Waals surface area contributed by atoms with E-state index in [0.29, 0.717) is 0 Å². The maximum Gasteiger partial charge on any atom is 0.180 e. The summed E-state index contributed by atoms with van der Waals surface area (Å²) in [7, 11) is 0. The van der Waals surface area contributed by atoms with Crippen LogP contribution in [0.15, 0.2) is 340 Å². The Balaban J connectivity index is 0.000000175. The molecule has 0 unspecified atom stereocenters. The third kappa shape index (κ3) is 21.4. The van der Waals surface area contributed by atoms with E-state index in [4.69, 9.17) is 174 Å². The predicted molar refractivity (Wildman–Crippen MR) is 471 cm³/mol. The zero-order valence-electron chi connectivity index (χ0n) is 59.4. The number of nitrogens with one attached hydrogen (secondary N) is 1. The molecule has 9 aromatic heterocycles. The third-order valence-electron chi connectivity index (χ3n) is 17.8. The van der Waals surface area contributed by atoms with Crippen molar-refractivity contribution in [3.63, 3.8) is 0 Å². The van der Waals surface area contributed by atoms with Crippen LogP contribution in [0.1, 0.15) is 67.8 Å². The van der Waals surface area contributed by atoms with Gasteiger partial charge in [0.2, 0.25) is 0 Å². The molecule has 8 nitrogen and oxygen atoms in total. The smallest absolute Gasteiger partial charge is 0.180 e. The van der Waals surface area contributed by atoms with Gasteiger partial charge in [-0.25, -0.2) is 0 Å². The average molecular weight is 1790 g/mol. The van der Waals surface area contributed by atoms with Crippen LogP contribution in [0, 0.1) is 23.7 Å². The molecule has 1 N–H and O–H groups in total. The SMILES string of the molecule is ClC(Cl)Cl.ClC(Cl)Cl.ClC(Cl)Cl.ClC(Cl)Cl.[Y].c1ccc(-c2c3ccc([n-]3)[c+](-c3ccccc3)c3ccc([n-]3)[c+](-c3ccccc3)c3ccc([n-]3)c(-c3ccccc3)c3ccc2[nH]3)cc1.c1ccc([C+]2c3ccc([n-]3)[C+](c3ccccc3)c3ccc([n-]3)[C+](c3ccccc3)c3ccc([n-]3)[C+](c3ccccc3)c3ccc2[n-]3)cc1. The van der Waals surface area contributed by atoms with E-state index in [2.05, 4.69) is 296 Å². The summed E-state index contributed by atoms with van der Waals surface area (Å²) in [6.45, 7) is 0. The molecule has 0 saturated heterocycles. The number of hydrogen-bond donors (Lipinski definition) is 1. The zero-order valence-corrected chi connectivity index (χ0v) is 71.3. The van der Waals surface area contributed by atoms with Crippen LogP contribution >= 0.6 is 139 Å². The Hall–Kier alpha value is -8.46. The van der Waals surface area contributed by atoms with Gasteiger partial charge < -0.3 is 39.9 Å². The molecular formula is C92H61Cl12N8Y-. The largest absolute Gasteiger partial charge is 0.642 e. The Kier molecular flexibility index (Phi) is 30.2. The van der Waals surface area contributed by atoms with Crippen molar-refractivity contribution in [2.45, 2.75) is 17.2 Å². The molecular weight excluding hydrogens is 1730 g/mol. The zero-order chi connectivity index (χ0) is 78.0. The molecule has 113 heavy (non-hydrogen) atoms. The van der Waals surface area contributed by atoms with E-state index in [1.165, 1.54) is 0 Å². The standard InChI is InChI=1S/C44H29N4.C44H28N4.4CHCl3.Y/c2*1-5-13-29(14-6-1)41-33-21-23-35(45-33)42(30-15-7-2-8-16-30)37-25-27-39(47-37)44(32-19-11-4-12-20-32)40-28-26-38(48-40)43(31-17-9-3-10-18-31)36-24-22-34(41)46-36;4*2-1(3)4;/h1-28,45H;1-28H;4*1H;/q-1;;;;;;. The number of benzene rings is 8. The number of nitrogens with zero attached hydrogens (tertiary/aromatic N) is 7. The van der Waals surface area contributed by atoms with Gasteiger partial charge in [0.05, 0.1) is 33.4 Å². The summed E-state index contributed by atoms with van der Waals surface area (Å²) in [5.41, 5.74) is 26.7. The van der Waals surface area contributed by atoms with Crippen LogP contribution in [-0.4, -0.2) is 22.2 Å². The second-order valence-corrected chi connectivity index (χ2v) is 32.6. The molecule has 17 aromatic rings. The Bertz CT molecular complexity index is 4980. The molecule has 0 atom stereocenters. The number of alkyl halides is 12. The van der Waals surface area contributed by atoms with Gasteiger partial charge in [-0.3, -0.25) is 0 Å². The summed E-state index contributed by atoms with van der Waals surface area (Å²) in [4.78, 5) is 41.0. The van der Waals surface area contributed by atoms with Crippen molar-refractivity contribution >= 4 is 183 Å². The number of fused-ring (bicyclic) bond motifs is 16. The first-order valence-corrected chi connectivity index (χ1v) is 40.1. The summed E-state index contributed by atoms with van der Waals surface area (Å²) >= 11 is 57.7. The summed E-state index contributed by atoms with van der Waals surface area (Å²) < 4.78 is -3.00. The molecule has 1 radical (unpaired) electrons. The van der Waals surface area contributed by atoms with Gasteiger partial charge in [-0.2, -0.15) is 0 Å². The summed E-state index contributed by atoms with van der Waals surface area (Å²) in [5.74, 6) is 3.91. The van der Waals surface area contributed by atoms with E-state index in [9.17, 15) is 0 Å². The first-order valence-electron chi connectivity index (χ1n) is 34.8. The van der Waals surface area contributed by atoms with Crippen molar-refractivity contribution in [1.29, 1.82) is 0 Å². The molecule has 8 aromatic carbocycles. The van der Waals surface area contributed by atoms with Crippen LogP contribution < -0.4 is 34.9 Å². The second-order valence-electron chi connectivity index (χ2n) is 24.7. The second kappa shape index (κ2) is 40.7. The van der Waals surface area contributed by atoms with Crippen LogP contribution in [-0.2, 0) is 32.7 Å². The topological polar surface area (TPSA) is 114 Å². The van der Waals surface area contributed by atoms with Crippen LogP contribution in [0.3, 0.4) is 0 Å². The predicted octanol–water partition coefficient (Wildman–Crippen LogP) is 26.7. The molecule has 0 saturated carbocycles. The monoisotopic (exact) mass is 1790 g/mol. The Morgan fingerprint density at radius 1 is 0.204 bits per heavy atom. The van der Waals surface area contributed by atoms with Gasteiger partial charge in [0.15, 0.2) is 17.2 Å². The van der Waals surface area contributed by atoms with E-state index in [1.54, 1.807) is 0 Å². The summed E-state index contributed by atoms with van der Waals surface area (Å²) in [5, 5.41) is 0. The Labute approximate surface area is 741 Å². The van der Waals surface area contributed by atoms with E-state index in [1.807, 2.05) is 48.5 Å². The van der Waals surface area contributed by atoms with Crippen LogP contribution in [0.2, 0.25) is 0 Å². The maximum atomic E-state index is 5.33. The van der Waals surface area contributed by atoms with Gasteiger partial charge in [-0.15, -0.1) is 11.0 Å². The fourth-order valence-corrected chi connectivity index (χ4v) is 13.5. The van der Waals surface area contributed by atoms with E-state index in [0.717, 1.165) is 180 Å². The van der Waals surface area contributed by atoms with E-state index >= 15 is 0 Å². The average Bonchev–Trinajstić information content (AvgIpc) is 1.62. The number of hydrogen-bond acceptors (Lipinski definition) is 0. The third-order valence-corrected chi connectivity index (χ3v) is 17.8. The molecule has 0 spiro atoms. The number of rotatable bonds is 8. The molecule has 10 heterocycles. The molecule has 21 heteroatoms. The minimum Gasteiger partial charge on any atom is -0.642 e. The van der Waals surface area contributed by atoms with Crippen LogP contribution in [0.4, 0.5) is 0 Å². The molecule has 18 rings (SSSR count). The van der Waals surface area contributed by atoms with Crippen molar-refractivity contribution in [1.82, 2.24) is 39.9 Å². The van der Waals surface area contributed by atoms with Gasteiger partial charge in [0, 0.05) is 212 Å². The first-order chi connectivity index (χ1) is 54.5. The number of aromatic nitrogens is 8.